The summed E-state index contributed by atoms with van der Waals surface area (Å²) in [5.74, 6) is 0.727. The van der Waals surface area contributed by atoms with Crippen molar-refractivity contribution < 1.29 is 9.47 Å². The average molecular weight is 422 g/mol. The number of benzene rings is 1. The van der Waals surface area contributed by atoms with Crippen molar-refractivity contribution in [3.8, 4) is 16.9 Å². The van der Waals surface area contributed by atoms with Gasteiger partial charge in [-0.15, -0.1) is 0 Å². The van der Waals surface area contributed by atoms with Crippen molar-refractivity contribution >= 4 is 10.9 Å². The van der Waals surface area contributed by atoms with Crippen LogP contribution in [0.5, 0.6) is 5.75 Å². The summed E-state index contributed by atoms with van der Waals surface area (Å²) in [5.41, 5.74) is 10.2. The number of nitrogens with two attached hydrogens (primary N) is 1. The highest BCUT2D eigenvalue weighted by atomic mass is 16.5. The van der Waals surface area contributed by atoms with E-state index in [1.54, 1.807) is 19.6 Å². The van der Waals surface area contributed by atoms with Gasteiger partial charge in [0.1, 0.15) is 18.7 Å². The molecule has 7 heteroatoms. The molecule has 2 heterocycles. The van der Waals surface area contributed by atoms with E-state index in [2.05, 4.69) is 47.2 Å². The lowest BCUT2D eigenvalue weighted by atomic mass is 9.75. The van der Waals surface area contributed by atoms with Crippen molar-refractivity contribution in [1.29, 1.82) is 0 Å². The van der Waals surface area contributed by atoms with Crippen LogP contribution in [0, 0.1) is 0 Å². The third kappa shape index (κ3) is 4.39. The van der Waals surface area contributed by atoms with Crippen LogP contribution in [0.2, 0.25) is 0 Å². The number of hydrogen-bond acceptors (Lipinski definition) is 7. The number of nitrogens with zero attached hydrogens (tertiary/aromatic N) is 4. The Bertz CT molecular complexity index is 1030. The molecule has 4 rings (SSSR count). The van der Waals surface area contributed by atoms with E-state index in [-0.39, 0.29) is 11.6 Å². The van der Waals surface area contributed by atoms with Crippen LogP contribution in [0.1, 0.15) is 31.4 Å². The molecular weight excluding hydrogens is 390 g/mol. The molecule has 1 saturated carbocycles. The van der Waals surface area contributed by atoms with Crippen molar-refractivity contribution in [2.45, 2.75) is 37.3 Å². The van der Waals surface area contributed by atoms with Gasteiger partial charge >= 0.3 is 0 Å². The van der Waals surface area contributed by atoms with E-state index in [4.69, 9.17) is 20.2 Å². The fraction of sp³-hybridized carbons (Fsp3) is 0.458. The molecule has 0 radical (unpaired) electrons. The second kappa shape index (κ2) is 9.26. The highest BCUT2D eigenvalue weighted by Crippen LogP contribution is 2.42. The fourth-order valence-electron chi connectivity index (χ4n) is 4.52. The van der Waals surface area contributed by atoms with E-state index >= 15 is 0 Å². The maximum absolute atomic E-state index is 6.23. The first-order chi connectivity index (χ1) is 15.0. The molecule has 31 heavy (non-hydrogen) atoms. The molecule has 2 N–H and O–H groups in total. The standard InChI is InChI=1S/C24H31N5O2/c1-29(2)24(8-6-19(25)7-9-24)23-21-13-17(4-5-22(21)27-16-28-23)18-12-20(15-26-14-18)31-11-10-30-3/h4-5,12-16,19H,6-11,25H2,1-3H3. The predicted molar refractivity (Wildman–Crippen MR) is 122 cm³/mol. The topological polar surface area (TPSA) is 86.4 Å². The first-order valence-electron chi connectivity index (χ1n) is 10.8. The van der Waals surface area contributed by atoms with Crippen LogP contribution in [-0.4, -0.2) is 60.3 Å². The Kier molecular flexibility index (Phi) is 6.46. The highest BCUT2D eigenvalue weighted by Gasteiger charge is 2.40. The first-order valence-corrected chi connectivity index (χ1v) is 10.8. The second-order valence-electron chi connectivity index (χ2n) is 8.47. The lowest BCUT2D eigenvalue weighted by molar-refractivity contribution is 0.0889. The SMILES string of the molecule is COCCOc1cncc(-c2ccc3ncnc(C4(N(C)C)CCC(N)CC4)c3c2)c1. The molecule has 0 spiro atoms. The molecule has 0 aliphatic heterocycles. The highest BCUT2D eigenvalue weighted by molar-refractivity contribution is 5.87. The minimum absolute atomic E-state index is 0.140. The van der Waals surface area contributed by atoms with Crippen molar-refractivity contribution in [2.24, 2.45) is 5.73 Å². The van der Waals surface area contributed by atoms with Gasteiger partial charge in [0.25, 0.3) is 0 Å². The number of fused-ring (bicyclic) bond motifs is 1. The Morgan fingerprint density at radius 2 is 1.87 bits per heavy atom. The van der Waals surface area contributed by atoms with Gasteiger partial charge in [-0.1, -0.05) is 6.07 Å². The fourth-order valence-corrected chi connectivity index (χ4v) is 4.52. The maximum Gasteiger partial charge on any atom is 0.138 e. The van der Waals surface area contributed by atoms with Gasteiger partial charge in [-0.3, -0.25) is 9.88 Å². The molecule has 0 saturated heterocycles. The van der Waals surface area contributed by atoms with Gasteiger partial charge in [0.05, 0.1) is 29.6 Å². The normalized spacial score (nSPS) is 21.5. The van der Waals surface area contributed by atoms with Crippen molar-refractivity contribution in [3.05, 3.63) is 48.7 Å². The zero-order valence-corrected chi connectivity index (χ0v) is 18.5. The van der Waals surface area contributed by atoms with Gasteiger partial charge in [0.2, 0.25) is 0 Å². The van der Waals surface area contributed by atoms with E-state index < -0.39 is 0 Å². The summed E-state index contributed by atoms with van der Waals surface area (Å²) in [6.07, 6.45) is 9.23. The Morgan fingerprint density at radius 3 is 2.61 bits per heavy atom. The van der Waals surface area contributed by atoms with Crippen LogP contribution in [0.4, 0.5) is 0 Å². The molecule has 0 unspecified atom stereocenters. The smallest absolute Gasteiger partial charge is 0.138 e. The molecule has 1 aromatic carbocycles. The van der Waals surface area contributed by atoms with Gasteiger partial charge in [0, 0.05) is 30.3 Å². The Hall–Kier alpha value is -2.61. The van der Waals surface area contributed by atoms with Crippen LogP contribution >= 0.6 is 0 Å². The van der Waals surface area contributed by atoms with E-state index in [1.807, 2.05) is 12.3 Å². The molecule has 0 amide bonds. The lowest BCUT2D eigenvalue weighted by Crippen LogP contribution is -2.47. The van der Waals surface area contributed by atoms with Crippen LogP contribution < -0.4 is 10.5 Å². The summed E-state index contributed by atoms with van der Waals surface area (Å²) >= 11 is 0. The van der Waals surface area contributed by atoms with E-state index in [0.29, 0.717) is 13.2 Å². The maximum atomic E-state index is 6.23. The van der Waals surface area contributed by atoms with Crippen LogP contribution in [-0.2, 0) is 10.3 Å². The predicted octanol–water partition coefficient (Wildman–Crippen LogP) is 3.38. The van der Waals surface area contributed by atoms with Gasteiger partial charge in [0.15, 0.2) is 0 Å². The third-order valence-corrected chi connectivity index (χ3v) is 6.39. The molecule has 3 aromatic rings. The Morgan fingerprint density at radius 1 is 1.06 bits per heavy atom. The Balaban J connectivity index is 1.75. The second-order valence-corrected chi connectivity index (χ2v) is 8.47. The number of hydrogen-bond donors (Lipinski definition) is 1. The lowest BCUT2D eigenvalue weighted by Gasteiger charge is -2.44. The summed E-state index contributed by atoms with van der Waals surface area (Å²) in [4.78, 5) is 16.0. The van der Waals surface area contributed by atoms with Gasteiger partial charge < -0.3 is 15.2 Å². The quantitative estimate of drug-likeness (QED) is 0.585. The average Bonchev–Trinajstić information content (AvgIpc) is 2.79. The summed E-state index contributed by atoms with van der Waals surface area (Å²) in [7, 11) is 5.94. The molecule has 2 aromatic heterocycles. The monoisotopic (exact) mass is 421 g/mol. The molecule has 1 aliphatic rings. The number of ether oxygens (including phenoxy) is 2. The zero-order valence-electron chi connectivity index (χ0n) is 18.5. The van der Waals surface area contributed by atoms with Crippen molar-refractivity contribution in [2.75, 3.05) is 34.4 Å². The molecule has 164 valence electrons. The number of methoxy groups -OCH3 is 1. The zero-order chi connectivity index (χ0) is 21.8. The van der Waals surface area contributed by atoms with Crippen LogP contribution in [0.3, 0.4) is 0 Å². The minimum Gasteiger partial charge on any atom is -0.490 e. The summed E-state index contributed by atoms with van der Waals surface area (Å²) < 4.78 is 10.8. The van der Waals surface area contributed by atoms with Crippen molar-refractivity contribution in [1.82, 2.24) is 19.9 Å². The molecule has 0 atom stereocenters. The summed E-state index contributed by atoms with van der Waals surface area (Å²) in [5, 5.41) is 1.08. The molecule has 1 aliphatic carbocycles. The van der Waals surface area contributed by atoms with Crippen LogP contribution in [0.15, 0.2) is 43.0 Å². The minimum atomic E-state index is -0.140. The van der Waals surface area contributed by atoms with Gasteiger partial charge in [-0.25, -0.2) is 9.97 Å². The number of pyridine rings is 1. The van der Waals surface area contributed by atoms with Gasteiger partial charge in [-0.05, 0) is 63.5 Å². The largest absolute Gasteiger partial charge is 0.490 e. The van der Waals surface area contributed by atoms with Crippen LogP contribution in [0.25, 0.3) is 22.0 Å². The molecule has 0 bridgehead atoms. The summed E-state index contributed by atoms with van der Waals surface area (Å²) in [6.45, 7) is 1.03. The number of rotatable bonds is 7. The molecule has 7 nitrogen and oxygen atoms in total. The van der Waals surface area contributed by atoms with E-state index in [9.17, 15) is 0 Å². The Labute approximate surface area is 183 Å². The van der Waals surface area contributed by atoms with E-state index in [1.165, 1.54) is 0 Å². The molecule has 1 fully saturated rings. The van der Waals surface area contributed by atoms with Gasteiger partial charge in [-0.2, -0.15) is 0 Å². The third-order valence-electron chi connectivity index (χ3n) is 6.39. The van der Waals surface area contributed by atoms with Crippen molar-refractivity contribution in [3.63, 3.8) is 0 Å². The molecular formula is C24H31N5O2. The summed E-state index contributed by atoms with van der Waals surface area (Å²) in [6, 6.07) is 8.60. The number of aromatic nitrogens is 3. The first kappa shape index (κ1) is 21.6. The van der Waals surface area contributed by atoms with E-state index in [0.717, 1.165) is 59.2 Å².